The number of hydrogen-bond donors (Lipinski definition) is 0. The summed E-state index contributed by atoms with van der Waals surface area (Å²) in [5, 5.41) is 0. The Balaban J connectivity index is 1.46. The molecule has 3 fully saturated rings. The smallest absolute Gasteiger partial charge is 0.226 e. The molecule has 1 amide bonds. The van der Waals surface area contributed by atoms with Crippen LogP contribution < -0.4 is 0 Å². The van der Waals surface area contributed by atoms with Crippen molar-refractivity contribution in [3.63, 3.8) is 0 Å². The summed E-state index contributed by atoms with van der Waals surface area (Å²) in [5.41, 5.74) is 0. The highest BCUT2D eigenvalue weighted by Crippen LogP contribution is 2.29. The summed E-state index contributed by atoms with van der Waals surface area (Å²) in [6.45, 7) is 5.76. The fourth-order valence-electron chi connectivity index (χ4n) is 3.40. The van der Waals surface area contributed by atoms with Gasteiger partial charge in [0.2, 0.25) is 5.91 Å². The number of carbonyl (C=O) groups excluding carboxylic acids is 1. The second-order valence-corrected chi connectivity index (χ2v) is 6.83. The highest BCUT2D eigenvalue weighted by atomic mass is 16.5. The summed E-state index contributed by atoms with van der Waals surface area (Å²) in [4.78, 5) is 17.0. The summed E-state index contributed by atoms with van der Waals surface area (Å²) in [5.74, 6) is 1.39. The van der Waals surface area contributed by atoms with Gasteiger partial charge in [0, 0.05) is 45.3 Å². The third-order valence-corrected chi connectivity index (χ3v) is 4.80. The van der Waals surface area contributed by atoms with Gasteiger partial charge in [-0.3, -0.25) is 4.79 Å². The Labute approximate surface area is 127 Å². The highest BCUT2D eigenvalue weighted by Gasteiger charge is 2.31. The van der Waals surface area contributed by atoms with Crippen LogP contribution in [0.5, 0.6) is 0 Å². The van der Waals surface area contributed by atoms with E-state index in [2.05, 4.69) is 11.9 Å². The molecule has 0 aromatic heterocycles. The third kappa shape index (κ3) is 4.41. The SMILES string of the molecule is CN(CC1CC1)C[C@@H]1CN(C(=O)C2CCOCC2)CCO1. The zero-order valence-electron chi connectivity index (χ0n) is 13.1. The molecule has 5 nitrogen and oxygen atoms in total. The number of likely N-dealkylation sites (N-methyl/N-ethyl adjacent to an activating group) is 1. The molecule has 0 aromatic carbocycles. The fourth-order valence-corrected chi connectivity index (χ4v) is 3.40. The topological polar surface area (TPSA) is 42.0 Å². The molecule has 0 bridgehead atoms. The molecule has 3 rings (SSSR count). The third-order valence-electron chi connectivity index (χ3n) is 4.80. The summed E-state index contributed by atoms with van der Waals surface area (Å²) >= 11 is 0. The second-order valence-electron chi connectivity index (χ2n) is 6.83. The van der Waals surface area contributed by atoms with Crippen LogP contribution in [0.15, 0.2) is 0 Å². The Kier molecular flexibility index (Phi) is 5.14. The van der Waals surface area contributed by atoms with Crippen LogP contribution in [-0.4, -0.2) is 74.9 Å². The summed E-state index contributed by atoms with van der Waals surface area (Å²) in [7, 11) is 2.17. The van der Waals surface area contributed by atoms with Gasteiger partial charge in [-0.1, -0.05) is 0 Å². The van der Waals surface area contributed by atoms with Gasteiger partial charge in [-0.25, -0.2) is 0 Å². The molecule has 2 saturated heterocycles. The Morgan fingerprint density at radius 1 is 1.14 bits per heavy atom. The van der Waals surface area contributed by atoms with Gasteiger partial charge >= 0.3 is 0 Å². The molecule has 21 heavy (non-hydrogen) atoms. The maximum atomic E-state index is 12.6. The lowest BCUT2D eigenvalue weighted by Crippen LogP contribution is -2.51. The van der Waals surface area contributed by atoms with Crippen LogP contribution in [0.3, 0.4) is 0 Å². The van der Waals surface area contributed by atoms with Gasteiger partial charge in [0.25, 0.3) is 0 Å². The van der Waals surface area contributed by atoms with Gasteiger partial charge in [-0.15, -0.1) is 0 Å². The molecule has 2 aliphatic heterocycles. The first-order valence-corrected chi connectivity index (χ1v) is 8.39. The molecule has 0 radical (unpaired) electrons. The van der Waals surface area contributed by atoms with Crippen LogP contribution in [-0.2, 0) is 14.3 Å². The van der Waals surface area contributed by atoms with Crippen LogP contribution >= 0.6 is 0 Å². The number of amides is 1. The maximum absolute atomic E-state index is 12.6. The molecule has 0 N–H and O–H groups in total. The second kappa shape index (κ2) is 7.07. The van der Waals surface area contributed by atoms with Crippen LogP contribution in [0, 0.1) is 11.8 Å². The summed E-state index contributed by atoms with van der Waals surface area (Å²) in [6.07, 6.45) is 4.69. The lowest BCUT2D eigenvalue weighted by molar-refractivity contribution is -0.146. The Hall–Kier alpha value is -0.650. The van der Waals surface area contributed by atoms with Gasteiger partial charge < -0.3 is 19.3 Å². The van der Waals surface area contributed by atoms with Gasteiger partial charge in [-0.2, -0.15) is 0 Å². The van der Waals surface area contributed by atoms with Crippen LogP contribution in [0.1, 0.15) is 25.7 Å². The first kappa shape index (κ1) is 15.3. The number of morpholine rings is 1. The minimum absolute atomic E-state index is 0.168. The standard InChI is InChI=1S/C16H28N2O3/c1-17(10-13-2-3-13)11-15-12-18(6-9-21-15)16(19)14-4-7-20-8-5-14/h13-15H,2-12H2,1H3/t15-/m1/s1. The molecule has 3 aliphatic rings. The van der Waals surface area contributed by atoms with Crippen molar-refractivity contribution in [3.8, 4) is 0 Å². The number of hydrogen-bond acceptors (Lipinski definition) is 4. The number of carbonyl (C=O) groups is 1. The molecule has 1 aliphatic carbocycles. The van der Waals surface area contributed by atoms with E-state index in [1.807, 2.05) is 4.90 Å². The van der Waals surface area contributed by atoms with Gasteiger partial charge in [0.15, 0.2) is 0 Å². The van der Waals surface area contributed by atoms with E-state index in [1.165, 1.54) is 19.4 Å². The fraction of sp³-hybridized carbons (Fsp3) is 0.938. The lowest BCUT2D eigenvalue weighted by Gasteiger charge is -2.37. The maximum Gasteiger partial charge on any atom is 0.226 e. The Morgan fingerprint density at radius 3 is 2.62 bits per heavy atom. The van der Waals surface area contributed by atoms with Crippen molar-refractivity contribution >= 4 is 5.91 Å². The molecule has 5 heteroatoms. The summed E-state index contributed by atoms with van der Waals surface area (Å²) in [6, 6.07) is 0. The number of ether oxygens (including phenoxy) is 2. The monoisotopic (exact) mass is 296 g/mol. The summed E-state index contributed by atoms with van der Waals surface area (Å²) < 4.78 is 11.2. The van der Waals surface area contributed by atoms with Gasteiger partial charge in [0.1, 0.15) is 0 Å². The first-order chi connectivity index (χ1) is 10.2. The van der Waals surface area contributed by atoms with Crippen LogP contribution in [0.2, 0.25) is 0 Å². The minimum Gasteiger partial charge on any atom is -0.381 e. The van der Waals surface area contributed by atoms with Crippen molar-refractivity contribution in [2.24, 2.45) is 11.8 Å². The van der Waals surface area contributed by atoms with Crippen molar-refractivity contribution in [2.75, 3.05) is 53.0 Å². The van der Waals surface area contributed by atoms with Crippen LogP contribution in [0.4, 0.5) is 0 Å². The lowest BCUT2D eigenvalue weighted by atomic mass is 9.98. The zero-order chi connectivity index (χ0) is 14.7. The predicted octanol–water partition coefficient (Wildman–Crippen LogP) is 0.982. The molecule has 0 unspecified atom stereocenters. The van der Waals surface area contributed by atoms with Crippen molar-refractivity contribution in [1.29, 1.82) is 0 Å². The van der Waals surface area contributed by atoms with E-state index in [1.54, 1.807) is 0 Å². The normalized spacial score (nSPS) is 28.1. The molecular weight excluding hydrogens is 268 g/mol. The molecule has 1 saturated carbocycles. The van der Waals surface area contributed by atoms with E-state index in [4.69, 9.17) is 9.47 Å². The van der Waals surface area contributed by atoms with Crippen molar-refractivity contribution in [3.05, 3.63) is 0 Å². The van der Waals surface area contributed by atoms with E-state index < -0.39 is 0 Å². The van der Waals surface area contributed by atoms with Gasteiger partial charge in [0.05, 0.1) is 12.7 Å². The largest absolute Gasteiger partial charge is 0.381 e. The van der Waals surface area contributed by atoms with Crippen molar-refractivity contribution in [1.82, 2.24) is 9.80 Å². The first-order valence-electron chi connectivity index (χ1n) is 8.39. The molecule has 0 aromatic rings. The molecule has 120 valence electrons. The van der Waals surface area contributed by atoms with E-state index in [0.29, 0.717) is 12.5 Å². The van der Waals surface area contributed by atoms with Crippen molar-refractivity contribution in [2.45, 2.75) is 31.8 Å². The van der Waals surface area contributed by atoms with Gasteiger partial charge in [-0.05, 0) is 38.6 Å². The van der Waals surface area contributed by atoms with Crippen LogP contribution in [0.25, 0.3) is 0 Å². The van der Waals surface area contributed by atoms with E-state index >= 15 is 0 Å². The predicted molar refractivity (Wildman–Crippen MR) is 80.1 cm³/mol. The quantitative estimate of drug-likeness (QED) is 0.758. The van der Waals surface area contributed by atoms with Crippen molar-refractivity contribution < 1.29 is 14.3 Å². The minimum atomic E-state index is 0.168. The average molecular weight is 296 g/mol. The van der Waals surface area contributed by atoms with E-state index in [9.17, 15) is 4.79 Å². The molecular formula is C16H28N2O3. The average Bonchev–Trinajstić information content (AvgIpc) is 3.31. The molecule has 2 heterocycles. The van der Waals surface area contributed by atoms with E-state index in [-0.39, 0.29) is 12.0 Å². The number of rotatable bonds is 5. The Bertz CT molecular complexity index is 353. The Morgan fingerprint density at radius 2 is 1.90 bits per heavy atom. The molecule has 0 spiro atoms. The molecule has 1 atom stereocenters. The number of nitrogens with zero attached hydrogens (tertiary/aromatic N) is 2. The van der Waals surface area contributed by atoms with E-state index in [0.717, 1.165) is 51.6 Å². The highest BCUT2D eigenvalue weighted by molar-refractivity contribution is 5.79. The zero-order valence-corrected chi connectivity index (χ0v) is 13.1.